The molecule has 1 fully saturated rings. The third kappa shape index (κ3) is 7.27. The number of nitrogens with one attached hydrogen (secondary N) is 2. The molecule has 0 unspecified atom stereocenters. The first-order chi connectivity index (χ1) is 22.8. The van der Waals surface area contributed by atoms with E-state index in [2.05, 4.69) is 28.7 Å². The van der Waals surface area contributed by atoms with Gasteiger partial charge in [0.1, 0.15) is 18.1 Å². The highest BCUT2D eigenvalue weighted by Crippen LogP contribution is 2.44. The fourth-order valence-corrected chi connectivity index (χ4v) is 5.64. The molecule has 10 nitrogen and oxygen atoms in total. The minimum atomic E-state index is -4.60. The molecule has 1 aliphatic rings. The summed E-state index contributed by atoms with van der Waals surface area (Å²) >= 11 is 0. The zero-order chi connectivity index (χ0) is 34.7. The summed E-state index contributed by atoms with van der Waals surface area (Å²) in [6.45, 7) is 3.18. The number of nitrogen functional groups attached to an aromatic ring is 1. The van der Waals surface area contributed by atoms with Gasteiger partial charge in [0.05, 0.1) is 47.5 Å². The van der Waals surface area contributed by atoms with Crippen LogP contribution in [0.4, 0.5) is 29.1 Å². The number of anilines is 2. The molecular weight excluding hydrogens is 632 g/mol. The van der Waals surface area contributed by atoms with Crippen molar-refractivity contribution in [3.63, 3.8) is 0 Å². The average molecular weight is 665 g/mol. The van der Waals surface area contributed by atoms with E-state index in [0.717, 1.165) is 6.54 Å². The van der Waals surface area contributed by atoms with Crippen molar-refractivity contribution in [2.75, 3.05) is 44.3 Å². The lowest BCUT2D eigenvalue weighted by atomic mass is 9.96. The van der Waals surface area contributed by atoms with Crippen LogP contribution in [-0.2, 0) is 11.8 Å². The number of aliphatic hydroxyl groups excluding tert-OH is 1. The maximum absolute atomic E-state index is 13.3. The molecule has 250 valence electrons. The molecule has 0 radical (unpaired) electrons. The summed E-state index contributed by atoms with van der Waals surface area (Å²) < 4.78 is 59.0. The molecular formula is C34H32F4N6O4. The van der Waals surface area contributed by atoms with E-state index in [1.54, 1.807) is 36.5 Å². The Morgan fingerprint density at radius 2 is 1.90 bits per heavy atom. The van der Waals surface area contributed by atoms with E-state index in [9.17, 15) is 32.3 Å². The molecule has 0 bridgehead atoms. The van der Waals surface area contributed by atoms with Crippen molar-refractivity contribution >= 4 is 34.2 Å². The van der Waals surface area contributed by atoms with E-state index in [-0.39, 0.29) is 23.2 Å². The molecule has 0 aliphatic carbocycles. The van der Waals surface area contributed by atoms with Gasteiger partial charge in [0, 0.05) is 37.6 Å². The van der Waals surface area contributed by atoms with Gasteiger partial charge in [0.15, 0.2) is 5.83 Å². The monoisotopic (exact) mass is 664 g/mol. The number of aromatic nitrogens is 2. The number of hydrogen-bond donors (Lipinski definition) is 4. The smallest absolute Gasteiger partial charge is 0.405 e. The number of nitrogens with two attached hydrogens (primary N) is 1. The summed E-state index contributed by atoms with van der Waals surface area (Å²) in [4.78, 5) is 31.0. The van der Waals surface area contributed by atoms with Gasteiger partial charge in [0.25, 0.3) is 11.8 Å². The largest absolute Gasteiger partial charge is 0.496 e. The van der Waals surface area contributed by atoms with E-state index < -0.39 is 30.4 Å². The number of carbonyl (C=O) groups excluding carboxylic acids is 2. The molecule has 0 saturated carbocycles. The highest BCUT2D eigenvalue weighted by atomic mass is 19.4. The number of ether oxygens (including phenoxy) is 1. The number of alkyl halides is 3. The zero-order valence-electron chi connectivity index (χ0n) is 26.0. The third-order valence-corrected chi connectivity index (χ3v) is 7.86. The predicted octanol–water partition coefficient (Wildman–Crippen LogP) is 4.63. The Balaban J connectivity index is 1.66. The van der Waals surface area contributed by atoms with Crippen molar-refractivity contribution in [2.24, 2.45) is 7.05 Å². The van der Waals surface area contributed by atoms with Gasteiger partial charge < -0.3 is 30.8 Å². The van der Waals surface area contributed by atoms with E-state index in [1.165, 1.54) is 19.2 Å². The summed E-state index contributed by atoms with van der Waals surface area (Å²) in [6.07, 6.45) is -2.74. The number of halogens is 4. The van der Waals surface area contributed by atoms with Crippen molar-refractivity contribution < 1.29 is 37.0 Å². The molecule has 14 heteroatoms. The number of likely N-dealkylation sites (tertiary alicyclic amines) is 1. The Bertz CT molecular complexity index is 1960. The van der Waals surface area contributed by atoms with Gasteiger partial charge in [-0.15, -0.1) is 0 Å². The SMILES string of the molecule is C=C(F)C(=O)Nc1ccc(-c2c(-c3ccc(C(=O)NCC(F)(F)F)c(OC)c3)c3c(N)ncc(C#CCN4CC[C@@H](O)C4)c3n2C)cc1. The fraction of sp³-hybridized carbons (Fsp3) is 0.265. The number of carbonyl (C=O) groups is 2. The molecule has 1 atom stereocenters. The maximum atomic E-state index is 13.3. The fourth-order valence-electron chi connectivity index (χ4n) is 5.64. The highest BCUT2D eigenvalue weighted by molar-refractivity contribution is 6.11. The number of fused-ring (bicyclic) bond motifs is 1. The molecule has 5 N–H and O–H groups in total. The molecule has 2 aromatic heterocycles. The summed E-state index contributed by atoms with van der Waals surface area (Å²) in [7, 11) is 3.10. The maximum Gasteiger partial charge on any atom is 0.405 e. The topological polar surface area (TPSA) is 135 Å². The van der Waals surface area contributed by atoms with E-state index in [4.69, 9.17) is 10.5 Å². The van der Waals surface area contributed by atoms with Gasteiger partial charge in [-0.05, 0) is 41.8 Å². The number of rotatable bonds is 8. The van der Waals surface area contributed by atoms with Crippen LogP contribution in [0.1, 0.15) is 22.3 Å². The number of β-amino-alcohol motifs (C(OH)–C–C–N with tert-alkyl or cyclic N) is 1. The Morgan fingerprint density at radius 1 is 1.19 bits per heavy atom. The third-order valence-electron chi connectivity index (χ3n) is 7.86. The Morgan fingerprint density at radius 3 is 2.52 bits per heavy atom. The molecule has 3 heterocycles. The van der Waals surface area contributed by atoms with Crippen LogP contribution in [0.3, 0.4) is 0 Å². The second-order valence-electron chi connectivity index (χ2n) is 11.2. The second-order valence-corrected chi connectivity index (χ2v) is 11.2. The van der Waals surface area contributed by atoms with Gasteiger partial charge in [-0.1, -0.05) is 36.6 Å². The number of amides is 2. The van der Waals surface area contributed by atoms with Crippen molar-refractivity contribution in [3.05, 3.63) is 72.2 Å². The lowest BCUT2D eigenvalue weighted by Crippen LogP contribution is -2.33. The number of aryl methyl sites for hydroxylation is 1. The Labute approximate surface area is 273 Å². The van der Waals surface area contributed by atoms with Gasteiger partial charge in [-0.25, -0.2) is 9.37 Å². The average Bonchev–Trinajstić information content (AvgIpc) is 3.61. The minimum Gasteiger partial charge on any atom is -0.496 e. The van der Waals surface area contributed by atoms with Crippen molar-refractivity contribution in [1.29, 1.82) is 0 Å². The molecule has 2 aromatic carbocycles. The van der Waals surface area contributed by atoms with Crippen LogP contribution in [-0.4, -0.2) is 76.9 Å². The normalized spacial score (nSPS) is 14.8. The van der Waals surface area contributed by atoms with Crippen LogP contribution in [0.25, 0.3) is 33.3 Å². The van der Waals surface area contributed by atoms with E-state index >= 15 is 0 Å². The molecule has 2 amide bonds. The number of hydrogen-bond acceptors (Lipinski definition) is 7. The predicted molar refractivity (Wildman–Crippen MR) is 174 cm³/mol. The summed E-state index contributed by atoms with van der Waals surface area (Å²) in [5, 5.41) is 14.7. The Kier molecular flexibility index (Phi) is 9.74. The van der Waals surface area contributed by atoms with Crippen molar-refractivity contribution in [1.82, 2.24) is 19.8 Å². The molecule has 5 rings (SSSR count). The zero-order valence-corrected chi connectivity index (χ0v) is 26.0. The van der Waals surface area contributed by atoms with Crippen molar-refractivity contribution in [2.45, 2.75) is 18.7 Å². The second kappa shape index (κ2) is 13.8. The standard InChI is InChI=1S/C34H32F4N6O4/c1-19(35)32(46)42-23-9-6-20(7-10-23)29-27(21-8-11-25(26(15-21)48-3)33(47)41-18-34(36,37)38)28-30(43(29)2)22(16-40-31(28)39)5-4-13-44-14-12-24(45)17-44/h6-11,15-16,24,45H,1,12-14,17-18H2,2-3H3,(H2,39,40)(H,41,47)(H,42,46)/t24-/m1/s1. The van der Waals surface area contributed by atoms with Gasteiger partial charge in [-0.2, -0.15) is 13.2 Å². The highest BCUT2D eigenvalue weighted by Gasteiger charge is 2.29. The molecule has 48 heavy (non-hydrogen) atoms. The van der Waals surface area contributed by atoms with E-state index in [0.29, 0.717) is 64.0 Å². The first kappa shape index (κ1) is 34.0. The van der Waals surface area contributed by atoms with E-state index in [1.807, 2.05) is 21.8 Å². The van der Waals surface area contributed by atoms with Crippen molar-refractivity contribution in [3.8, 4) is 40.0 Å². The molecule has 1 saturated heterocycles. The minimum absolute atomic E-state index is 0.0231. The lowest BCUT2D eigenvalue weighted by Gasteiger charge is -2.14. The van der Waals surface area contributed by atoms with Gasteiger partial charge >= 0.3 is 6.18 Å². The quantitative estimate of drug-likeness (QED) is 0.123. The van der Waals surface area contributed by atoms with Gasteiger partial charge in [0.2, 0.25) is 0 Å². The number of methoxy groups -OCH3 is 1. The number of nitrogens with zero attached hydrogens (tertiary/aromatic N) is 3. The number of benzene rings is 2. The van der Waals surface area contributed by atoms with Gasteiger partial charge in [-0.3, -0.25) is 14.5 Å². The summed E-state index contributed by atoms with van der Waals surface area (Å²) in [5.74, 6) is 3.44. The molecule has 4 aromatic rings. The van der Waals surface area contributed by atoms with Crippen LogP contribution in [0.5, 0.6) is 5.75 Å². The summed E-state index contributed by atoms with van der Waals surface area (Å²) in [5.41, 5.74) is 10.3. The number of aliphatic hydroxyl groups is 1. The first-order valence-electron chi connectivity index (χ1n) is 14.7. The molecule has 0 spiro atoms. The summed E-state index contributed by atoms with van der Waals surface area (Å²) in [6, 6.07) is 11.0. The van der Waals surface area contributed by atoms with Crippen LogP contribution >= 0.6 is 0 Å². The van der Waals surface area contributed by atoms with Crippen LogP contribution in [0, 0.1) is 11.8 Å². The van der Waals surface area contributed by atoms with Crippen LogP contribution < -0.4 is 21.1 Å². The number of pyridine rings is 1. The Hall–Kier alpha value is -5.39. The lowest BCUT2D eigenvalue weighted by molar-refractivity contribution is -0.123. The molecule has 1 aliphatic heterocycles. The first-order valence-corrected chi connectivity index (χ1v) is 14.7. The van der Waals surface area contributed by atoms with Crippen LogP contribution in [0.15, 0.2) is 61.1 Å². The van der Waals surface area contributed by atoms with Crippen LogP contribution in [0.2, 0.25) is 0 Å².